The van der Waals surface area contributed by atoms with Crippen molar-refractivity contribution >= 4 is 28.2 Å². The van der Waals surface area contributed by atoms with Gasteiger partial charge in [0, 0.05) is 16.0 Å². The number of hydrogen-bond acceptors (Lipinski definition) is 5. The molecule has 0 spiro atoms. The Hall–Kier alpha value is -3.12. The molecule has 1 aliphatic carbocycles. The zero-order valence-electron chi connectivity index (χ0n) is 15.9. The van der Waals surface area contributed by atoms with Crippen LogP contribution in [0.1, 0.15) is 44.3 Å². The zero-order chi connectivity index (χ0) is 20.0. The minimum atomic E-state index is -0.515. The maximum absolute atomic E-state index is 13.5. The molecule has 2 aromatic carbocycles. The number of amides is 1. The summed E-state index contributed by atoms with van der Waals surface area (Å²) in [5.74, 6) is 0.255. The summed E-state index contributed by atoms with van der Waals surface area (Å²) in [6, 6.07) is 15.1. The lowest BCUT2D eigenvalue weighted by Gasteiger charge is -2.27. The first kappa shape index (κ1) is 17.9. The predicted octanol–water partition coefficient (Wildman–Crippen LogP) is 4.90. The molecule has 1 aliphatic heterocycles. The minimum Gasteiger partial charge on any atom is -0.465 e. The van der Waals surface area contributed by atoms with Crippen molar-refractivity contribution < 1.29 is 19.1 Å². The van der Waals surface area contributed by atoms with E-state index in [1.807, 2.05) is 48.5 Å². The highest BCUT2D eigenvalue weighted by molar-refractivity contribution is 7.17. The van der Waals surface area contributed by atoms with Gasteiger partial charge in [0.2, 0.25) is 5.91 Å². The van der Waals surface area contributed by atoms with E-state index in [-0.39, 0.29) is 5.91 Å². The highest BCUT2D eigenvalue weighted by atomic mass is 32.1. The van der Waals surface area contributed by atoms with Crippen LogP contribution in [0.4, 0.5) is 5.00 Å². The van der Waals surface area contributed by atoms with Crippen molar-refractivity contribution in [2.45, 2.75) is 25.2 Å². The zero-order valence-corrected chi connectivity index (χ0v) is 16.7. The third kappa shape index (κ3) is 2.91. The topological polar surface area (TPSA) is 64.6 Å². The molecule has 5 nitrogen and oxygen atoms in total. The minimum absolute atomic E-state index is 0.182. The first-order chi connectivity index (χ1) is 14.2. The molecule has 1 amide bonds. The van der Waals surface area contributed by atoms with Crippen LogP contribution in [-0.4, -0.2) is 19.0 Å². The van der Waals surface area contributed by atoms with Gasteiger partial charge in [-0.25, -0.2) is 4.79 Å². The van der Waals surface area contributed by atoms with E-state index < -0.39 is 11.9 Å². The molecule has 0 saturated heterocycles. The maximum Gasteiger partial charge on any atom is 0.341 e. The molecule has 0 atom stereocenters. The summed E-state index contributed by atoms with van der Waals surface area (Å²) in [7, 11) is 1.37. The van der Waals surface area contributed by atoms with Crippen molar-refractivity contribution in [1.82, 2.24) is 0 Å². The van der Waals surface area contributed by atoms with Crippen LogP contribution in [0.15, 0.2) is 48.5 Å². The van der Waals surface area contributed by atoms with Crippen LogP contribution in [0.3, 0.4) is 0 Å². The number of methoxy groups -OCH3 is 1. The van der Waals surface area contributed by atoms with E-state index in [0.29, 0.717) is 22.1 Å². The second kappa shape index (κ2) is 7.04. The van der Waals surface area contributed by atoms with E-state index in [9.17, 15) is 9.59 Å². The number of aryl methyl sites for hydroxylation is 1. The Kier molecular flexibility index (Phi) is 4.36. The molecule has 2 aliphatic rings. The van der Waals surface area contributed by atoms with E-state index in [0.717, 1.165) is 40.8 Å². The highest BCUT2D eigenvalue weighted by Crippen LogP contribution is 2.45. The predicted molar refractivity (Wildman–Crippen MR) is 111 cm³/mol. The normalized spacial score (nSPS) is 14.4. The molecular formula is C23H19NO4S. The van der Waals surface area contributed by atoms with E-state index in [2.05, 4.69) is 5.32 Å². The van der Waals surface area contributed by atoms with Gasteiger partial charge in [0.25, 0.3) is 0 Å². The molecule has 1 N–H and O–H groups in total. The van der Waals surface area contributed by atoms with Gasteiger partial charge in [-0.05, 0) is 37.0 Å². The summed E-state index contributed by atoms with van der Waals surface area (Å²) in [4.78, 5) is 27.1. The second-order valence-corrected chi connectivity index (χ2v) is 8.26. The summed E-state index contributed by atoms with van der Waals surface area (Å²) in [5.41, 5.74) is 3.15. The number of nitrogens with one attached hydrogen (secondary N) is 1. The van der Waals surface area contributed by atoms with Crippen LogP contribution < -0.4 is 10.1 Å². The molecule has 3 aromatic rings. The van der Waals surface area contributed by atoms with Crippen molar-refractivity contribution in [3.05, 3.63) is 75.7 Å². The Morgan fingerprint density at radius 2 is 1.69 bits per heavy atom. The number of fused-ring (bicyclic) bond motifs is 3. The summed E-state index contributed by atoms with van der Waals surface area (Å²) < 4.78 is 11.0. The van der Waals surface area contributed by atoms with Crippen LogP contribution in [0.5, 0.6) is 11.5 Å². The number of rotatable bonds is 3. The fraction of sp³-hybridized carbons (Fsp3) is 0.217. The highest BCUT2D eigenvalue weighted by Gasteiger charge is 2.34. The number of ether oxygens (including phenoxy) is 2. The molecule has 6 heteroatoms. The lowest BCUT2D eigenvalue weighted by molar-refractivity contribution is -0.116. The van der Waals surface area contributed by atoms with Crippen molar-refractivity contribution in [3.63, 3.8) is 0 Å². The number of carbonyl (C=O) groups is 2. The lowest BCUT2D eigenvalue weighted by atomic mass is 9.87. The van der Waals surface area contributed by atoms with Gasteiger partial charge < -0.3 is 14.8 Å². The van der Waals surface area contributed by atoms with Gasteiger partial charge in [-0.1, -0.05) is 36.4 Å². The van der Waals surface area contributed by atoms with Crippen molar-refractivity contribution in [3.8, 4) is 11.5 Å². The molecule has 0 saturated carbocycles. The Bertz CT molecular complexity index is 1090. The third-order valence-electron chi connectivity index (χ3n) is 5.49. The molecule has 1 aromatic heterocycles. The van der Waals surface area contributed by atoms with Crippen LogP contribution in [0, 0.1) is 0 Å². The largest absolute Gasteiger partial charge is 0.465 e. The van der Waals surface area contributed by atoms with E-state index in [1.54, 1.807) is 0 Å². The standard InChI is InChI=1S/C23H19NO4S/c1-27-23(26)20-15-9-6-12-18(15)29-22(20)24-21(25)19-13-7-2-4-10-16(13)28-17-11-5-3-8-14(17)19/h2-5,7-8,10-11,19H,6,9,12H2,1H3,(H,24,25). The molecule has 29 heavy (non-hydrogen) atoms. The van der Waals surface area contributed by atoms with E-state index in [4.69, 9.17) is 9.47 Å². The second-order valence-electron chi connectivity index (χ2n) is 7.15. The number of para-hydroxylation sites is 2. The first-order valence-corrected chi connectivity index (χ1v) is 10.4. The Labute approximate surface area is 172 Å². The summed E-state index contributed by atoms with van der Waals surface area (Å²) >= 11 is 1.48. The Morgan fingerprint density at radius 1 is 1.03 bits per heavy atom. The first-order valence-electron chi connectivity index (χ1n) is 9.56. The molecule has 0 fully saturated rings. The molecular weight excluding hydrogens is 386 g/mol. The smallest absolute Gasteiger partial charge is 0.341 e. The molecule has 2 heterocycles. The van der Waals surface area contributed by atoms with Crippen molar-refractivity contribution in [2.75, 3.05) is 12.4 Å². The van der Waals surface area contributed by atoms with Gasteiger partial charge in [-0.3, -0.25) is 4.79 Å². The fourth-order valence-electron chi connectivity index (χ4n) is 4.19. The molecule has 0 bridgehead atoms. The average Bonchev–Trinajstić information content (AvgIpc) is 3.32. The molecule has 146 valence electrons. The number of hydrogen-bond donors (Lipinski definition) is 1. The average molecular weight is 405 g/mol. The quantitative estimate of drug-likeness (QED) is 0.630. The molecule has 0 radical (unpaired) electrons. The maximum atomic E-state index is 13.5. The van der Waals surface area contributed by atoms with E-state index >= 15 is 0 Å². The summed E-state index contributed by atoms with van der Waals surface area (Å²) in [6.07, 6.45) is 2.80. The van der Waals surface area contributed by atoms with Crippen molar-refractivity contribution in [1.29, 1.82) is 0 Å². The number of thiophene rings is 1. The molecule has 5 rings (SSSR count). The SMILES string of the molecule is COC(=O)c1c(NC(=O)C2c3ccccc3Oc3ccccc32)sc2c1CCC2. The van der Waals surface area contributed by atoms with Crippen LogP contribution in [0.2, 0.25) is 0 Å². The lowest BCUT2D eigenvalue weighted by Crippen LogP contribution is -2.25. The van der Waals surface area contributed by atoms with Crippen LogP contribution >= 0.6 is 11.3 Å². The summed E-state index contributed by atoms with van der Waals surface area (Å²) in [6.45, 7) is 0. The Balaban J connectivity index is 1.56. The van der Waals surface area contributed by atoms with Gasteiger partial charge >= 0.3 is 5.97 Å². The van der Waals surface area contributed by atoms with Crippen LogP contribution in [-0.2, 0) is 22.4 Å². The Morgan fingerprint density at radius 3 is 2.34 bits per heavy atom. The van der Waals surface area contributed by atoms with Gasteiger partial charge in [-0.2, -0.15) is 0 Å². The van der Waals surface area contributed by atoms with Gasteiger partial charge in [-0.15, -0.1) is 11.3 Å². The van der Waals surface area contributed by atoms with E-state index in [1.165, 1.54) is 18.4 Å². The third-order valence-corrected chi connectivity index (χ3v) is 6.70. The molecule has 0 unspecified atom stereocenters. The summed E-state index contributed by atoms with van der Waals surface area (Å²) in [5, 5.41) is 3.61. The van der Waals surface area contributed by atoms with Gasteiger partial charge in [0.1, 0.15) is 16.5 Å². The monoisotopic (exact) mass is 405 g/mol. The van der Waals surface area contributed by atoms with Crippen molar-refractivity contribution in [2.24, 2.45) is 0 Å². The van der Waals surface area contributed by atoms with Crippen LogP contribution in [0.25, 0.3) is 0 Å². The number of benzene rings is 2. The van der Waals surface area contributed by atoms with Gasteiger partial charge in [0.05, 0.1) is 18.6 Å². The number of carbonyl (C=O) groups excluding carboxylic acids is 2. The number of anilines is 1. The number of esters is 1. The fourth-order valence-corrected chi connectivity index (χ4v) is 5.47. The van der Waals surface area contributed by atoms with Gasteiger partial charge in [0.15, 0.2) is 0 Å².